The van der Waals surface area contributed by atoms with Crippen LogP contribution in [0.5, 0.6) is 5.88 Å². The lowest BCUT2D eigenvalue weighted by Gasteiger charge is -2.32. The lowest BCUT2D eigenvalue weighted by atomic mass is 9.90. The first-order chi connectivity index (χ1) is 13.1. The van der Waals surface area contributed by atoms with Crippen LogP contribution in [0.4, 0.5) is 17.5 Å². The average molecular weight is 366 g/mol. The molecule has 3 aromatic rings. The zero-order chi connectivity index (χ0) is 18.8. The molecule has 0 radical (unpaired) electrons. The number of nitrogens with zero attached hydrogens (tertiary/aromatic N) is 2. The van der Waals surface area contributed by atoms with Crippen LogP contribution in [0.2, 0.25) is 0 Å². The van der Waals surface area contributed by atoms with Crippen LogP contribution in [0.15, 0.2) is 30.5 Å². The second-order valence-electron chi connectivity index (χ2n) is 7.22. The van der Waals surface area contributed by atoms with Crippen LogP contribution in [-0.4, -0.2) is 39.2 Å². The van der Waals surface area contributed by atoms with Crippen molar-refractivity contribution in [2.24, 2.45) is 0 Å². The maximum absolute atomic E-state index is 10.2. The normalized spacial score (nSPS) is 19.9. The van der Waals surface area contributed by atoms with Gasteiger partial charge in [-0.05, 0) is 44.5 Å². The van der Waals surface area contributed by atoms with Gasteiger partial charge >= 0.3 is 0 Å². The van der Waals surface area contributed by atoms with E-state index in [9.17, 15) is 5.11 Å². The summed E-state index contributed by atoms with van der Waals surface area (Å²) in [5.74, 6) is 1.23. The summed E-state index contributed by atoms with van der Waals surface area (Å²) in [6, 6.07) is 8.76. The second kappa shape index (κ2) is 7.44. The van der Waals surface area contributed by atoms with Gasteiger partial charge in [-0.1, -0.05) is 25.0 Å². The van der Waals surface area contributed by atoms with E-state index in [1.165, 1.54) is 12.8 Å². The van der Waals surface area contributed by atoms with Gasteiger partial charge in [-0.2, -0.15) is 4.98 Å². The van der Waals surface area contributed by atoms with Crippen molar-refractivity contribution >= 4 is 28.4 Å². The molecule has 2 heterocycles. The molecule has 4 rings (SSSR count). The first-order valence-electron chi connectivity index (χ1n) is 9.49. The van der Waals surface area contributed by atoms with E-state index in [-0.39, 0.29) is 5.88 Å². The maximum atomic E-state index is 10.2. The summed E-state index contributed by atoms with van der Waals surface area (Å²) in [5.41, 5.74) is 2.75. The summed E-state index contributed by atoms with van der Waals surface area (Å²) >= 11 is 0. The summed E-state index contributed by atoms with van der Waals surface area (Å²) in [4.78, 5) is 12.1. The zero-order valence-electron chi connectivity index (χ0n) is 15.7. The van der Waals surface area contributed by atoms with Crippen molar-refractivity contribution in [3.63, 3.8) is 0 Å². The Bertz CT molecular complexity index is 937. The van der Waals surface area contributed by atoms with E-state index in [0.717, 1.165) is 24.1 Å². The van der Waals surface area contributed by atoms with Gasteiger partial charge in [-0.15, -0.1) is 0 Å². The number of benzene rings is 1. The first kappa shape index (κ1) is 17.6. The fourth-order valence-corrected chi connectivity index (χ4v) is 3.85. The molecular weight excluding hydrogens is 340 g/mol. The van der Waals surface area contributed by atoms with Crippen molar-refractivity contribution < 1.29 is 5.11 Å². The number of aryl methyl sites for hydroxylation is 1. The molecule has 1 aromatic carbocycles. The van der Waals surface area contributed by atoms with Gasteiger partial charge in [0.15, 0.2) is 0 Å². The Morgan fingerprint density at radius 1 is 1.15 bits per heavy atom. The van der Waals surface area contributed by atoms with Crippen LogP contribution in [-0.2, 0) is 0 Å². The van der Waals surface area contributed by atoms with Crippen LogP contribution >= 0.6 is 0 Å². The van der Waals surface area contributed by atoms with Gasteiger partial charge < -0.3 is 26.0 Å². The second-order valence-corrected chi connectivity index (χ2v) is 7.22. The Hall–Kier alpha value is -2.80. The summed E-state index contributed by atoms with van der Waals surface area (Å²) < 4.78 is 0. The molecule has 0 bridgehead atoms. The van der Waals surface area contributed by atoms with Crippen molar-refractivity contribution in [1.82, 2.24) is 20.3 Å². The van der Waals surface area contributed by atoms with Gasteiger partial charge in [-0.25, -0.2) is 4.98 Å². The number of aromatic nitrogens is 3. The summed E-state index contributed by atoms with van der Waals surface area (Å²) in [5, 5.41) is 21.0. The molecule has 2 aromatic heterocycles. The minimum absolute atomic E-state index is 0.0671. The molecule has 1 saturated carbocycles. The fourth-order valence-electron chi connectivity index (χ4n) is 3.85. The Balaban J connectivity index is 1.68. The number of H-pyrrole nitrogens is 1. The number of anilines is 3. The van der Waals surface area contributed by atoms with E-state index in [2.05, 4.69) is 30.9 Å². The molecule has 0 spiro atoms. The van der Waals surface area contributed by atoms with Crippen molar-refractivity contribution in [3.8, 4) is 5.88 Å². The number of fused-ring (bicyclic) bond motifs is 1. The lowest BCUT2D eigenvalue weighted by Crippen LogP contribution is -2.44. The molecule has 27 heavy (non-hydrogen) atoms. The number of aromatic amines is 1. The molecule has 1 fully saturated rings. The van der Waals surface area contributed by atoms with Gasteiger partial charge in [0, 0.05) is 24.0 Å². The fraction of sp³-hybridized carbons (Fsp3) is 0.400. The summed E-state index contributed by atoms with van der Waals surface area (Å²) in [6.07, 6.45) is 6.39. The Labute approximate surface area is 158 Å². The first-order valence-corrected chi connectivity index (χ1v) is 9.49. The van der Waals surface area contributed by atoms with Crippen LogP contribution in [0.3, 0.4) is 0 Å². The Kier molecular flexibility index (Phi) is 4.85. The van der Waals surface area contributed by atoms with Crippen LogP contribution in [0, 0.1) is 6.92 Å². The molecule has 7 nitrogen and oxygen atoms in total. The number of aromatic hydroxyl groups is 1. The highest BCUT2D eigenvalue weighted by Gasteiger charge is 2.25. The number of nitrogens with one attached hydrogen (secondary N) is 4. The highest BCUT2D eigenvalue weighted by atomic mass is 16.3. The molecule has 0 aliphatic heterocycles. The minimum atomic E-state index is 0.0671. The lowest BCUT2D eigenvalue weighted by molar-refractivity contribution is 0.360. The Morgan fingerprint density at radius 3 is 2.74 bits per heavy atom. The van der Waals surface area contributed by atoms with E-state index < -0.39 is 0 Å². The molecule has 7 heteroatoms. The number of hydrogen-bond donors (Lipinski definition) is 5. The highest BCUT2D eigenvalue weighted by molar-refractivity contribution is 5.96. The molecule has 2 atom stereocenters. The molecule has 0 saturated heterocycles. The molecule has 0 unspecified atom stereocenters. The van der Waals surface area contributed by atoms with Crippen molar-refractivity contribution in [3.05, 3.63) is 36.0 Å². The molecule has 0 amide bonds. The van der Waals surface area contributed by atoms with Gasteiger partial charge in [0.2, 0.25) is 11.8 Å². The monoisotopic (exact) mass is 366 g/mol. The third-order valence-electron chi connectivity index (χ3n) is 5.25. The number of likely N-dealkylation sites (N-methyl/N-ethyl adjacent to an activating group) is 1. The van der Waals surface area contributed by atoms with Crippen molar-refractivity contribution in [2.45, 2.75) is 44.7 Å². The van der Waals surface area contributed by atoms with Gasteiger partial charge in [0.05, 0.1) is 5.52 Å². The molecule has 5 N–H and O–H groups in total. The van der Waals surface area contributed by atoms with Gasteiger partial charge in [0.25, 0.3) is 0 Å². The van der Waals surface area contributed by atoms with Crippen LogP contribution in [0.25, 0.3) is 10.9 Å². The summed E-state index contributed by atoms with van der Waals surface area (Å²) in [6.45, 7) is 2.04. The molecule has 1 aliphatic carbocycles. The number of rotatable bonds is 5. The van der Waals surface area contributed by atoms with Crippen molar-refractivity contribution in [2.75, 3.05) is 17.7 Å². The molecule has 1 aliphatic rings. The standard InChI is InChI=1S/C20H26N6O/c1-12-6-5-7-13(10-12)23-18-17-16(11-22-19(17)27)25-20(26-18)24-15-9-4-3-8-14(15)21-2/h5-7,10-11,14-15,21-22,27H,3-4,8-9H2,1-2H3,(H2,23,24,25,26)/t14-,15+/m0/s1. The SMILES string of the molecule is CN[C@H]1CCCC[C@H]1Nc1nc(Nc2cccc(C)c2)c2c(O)[nH]cc2n1. The topological polar surface area (TPSA) is 97.9 Å². The largest absolute Gasteiger partial charge is 0.494 e. The number of hydrogen-bond acceptors (Lipinski definition) is 6. The van der Waals surface area contributed by atoms with E-state index in [1.54, 1.807) is 6.20 Å². The predicted octanol–water partition coefficient (Wildman–Crippen LogP) is 3.66. The predicted molar refractivity (Wildman–Crippen MR) is 109 cm³/mol. The summed E-state index contributed by atoms with van der Waals surface area (Å²) in [7, 11) is 2.00. The van der Waals surface area contributed by atoms with Crippen molar-refractivity contribution in [1.29, 1.82) is 0 Å². The highest BCUT2D eigenvalue weighted by Crippen LogP contribution is 2.32. The van der Waals surface area contributed by atoms with E-state index in [0.29, 0.717) is 34.8 Å². The third kappa shape index (κ3) is 3.68. The maximum Gasteiger partial charge on any atom is 0.225 e. The smallest absolute Gasteiger partial charge is 0.225 e. The Morgan fingerprint density at radius 2 is 1.96 bits per heavy atom. The van der Waals surface area contributed by atoms with Gasteiger partial charge in [-0.3, -0.25) is 0 Å². The van der Waals surface area contributed by atoms with E-state index in [4.69, 9.17) is 0 Å². The van der Waals surface area contributed by atoms with Gasteiger partial charge in [0.1, 0.15) is 11.2 Å². The molecule has 142 valence electrons. The van der Waals surface area contributed by atoms with Crippen LogP contribution < -0.4 is 16.0 Å². The van der Waals surface area contributed by atoms with E-state index >= 15 is 0 Å². The third-order valence-corrected chi connectivity index (χ3v) is 5.25. The quantitative estimate of drug-likeness (QED) is 0.473. The average Bonchev–Trinajstić information content (AvgIpc) is 3.03. The van der Waals surface area contributed by atoms with E-state index in [1.807, 2.05) is 38.2 Å². The van der Waals surface area contributed by atoms with Crippen LogP contribution in [0.1, 0.15) is 31.2 Å². The molecular formula is C20H26N6O. The minimum Gasteiger partial charge on any atom is -0.494 e. The zero-order valence-corrected chi connectivity index (χ0v) is 15.7.